The Hall–Kier alpha value is -2.77. The zero-order valence-electron chi connectivity index (χ0n) is 13.6. The van der Waals surface area contributed by atoms with Crippen molar-refractivity contribution in [1.82, 2.24) is 4.98 Å². The summed E-state index contributed by atoms with van der Waals surface area (Å²) < 4.78 is 18.6. The first kappa shape index (κ1) is 18.0. The monoisotopic (exact) mass is 389 g/mol. The van der Waals surface area contributed by atoms with Crippen LogP contribution in [0.5, 0.6) is 0 Å². The third kappa shape index (κ3) is 3.89. The Bertz CT molecular complexity index is 940. The van der Waals surface area contributed by atoms with E-state index in [4.69, 9.17) is 16.3 Å². The summed E-state index contributed by atoms with van der Waals surface area (Å²) in [5.41, 5.74) is 4.13. The van der Waals surface area contributed by atoms with Crippen molar-refractivity contribution >= 4 is 40.3 Å². The summed E-state index contributed by atoms with van der Waals surface area (Å²) in [6.07, 6.45) is 1.26. The minimum atomic E-state index is -0.490. The third-order valence-corrected chi connectivity index (χ3v) is 4.67. The van der Waals surface area contributed by atoms with E-state index in [1.165, 1.54) is 25.5 Å². The van der Waals surface area contributed by atoms with Gasteiger partial charge in [0, 0.05) is 11.1 Å². The van der Waals surface area contributed by atoms with Gasteiger partial charge in [0.15, 0.2) is 0 Å². The predicted molar refractivity (Wildman–Crippen MR) is 102 cm³/mol. The van der Waals surface area contributed by atoms with Gasteiger partial charge in [0.05, 0.1) is 24.0 Å². The Labute approximate surface area is 158 Å². The van der Waals surface area contributed by atoms with Crippen LogP contribution in [0.1, 0.15) is 15.2 Å². The van der Waals surface area contributed by atoms with Gasteiger partial charge in [0.1, 0.15) is 10.7 Å². The van der Waals surface area contributed by atoms with E-state index in [1.54, 1.807) is 6.07 Å². The molecule has 1 N–H and O–H groups in total. The molecule has 0 fully saturated rings. The van der Waals surface area contributed by atoms with Crippen molar-refractivity contribution in [2.75, 3.05) is 12.5 Å². The van der Waals surface area contributed by atoms with E-state index in [2.05, 4.69) is 15.5 Å². The van der Waals surface area contributed by atoms with Crippen molar-refractivity contribution < 1.29 is 13.9 Å². The summed E-state index contributed by atoms with van der Waals surface area (Å²) in [5, 5.41) is 4.58. The maximum atomic E-state index is 13.7. The predicted octanol–water partition coefficient (Wildman–Crippen LogP) is 4.84. The maximum Gasteiger partial charge on any atom is 0.350 e. The summed E-state index contributed by atoms with van der Waals surface area (Å²) >= 11 is 7.04. The van der Waals surface area contributed by atoms with E-state index in [1.807, 2.05) is 30.3 Å². The molecule has 0 atom stereocenters. The fourth-order valence-corrected chi connectivity index (χ4v) is 3.24. The largest absolute Gasteiger partial charge is 0.465 e. The van der Waals surface area contributed by atoms with E-state index in [0.717, 1.165) is 16.9 Å². The number of methoxy groups -OCH3 is 1. The summed E-state index contributed by atoms with van der Waals surface area (Å²) in [4.78, 5) is 16.8. The van der Waals surface area contributed by atoms with Gasteiger partial charge in [-0.1, -0.05) is 59.3 Å². The zero-order valence-corrected chi connectivity index (χ0v) is 15.1. The van der Waals surface area contributed by atoms with Crippen LogP contribution in [0.15, 0.2) is 53.6 Å². The van der Waals surface area contributed by atoms with E-state index < -0.39 is 11.8 Å². The normalized spacial score (nSPS) is 10.9. The number of hydrazone groups is 1. The second-order valence-electron chi connectivity index (χ2n) is 5.06. The molecule has 1 heterocycles. The van der Waals surface area contributed by atoms with Crippen molar-refractivity contribution in [3.63, 3.8) is 0 Å². The molecule has 0 aliphatic rings. The van der Waals surface area contributed by atoms with Crippen LogP contribution in [0, 0.1) is 5.82 Å². The molecule has 8 heteroatoms. The highest BCUT2D eigenvalue weighted by Gasteiger charge is 2.20. The lowest BCUT2D eigenvalue weighted by molar-refractivity contribution is 0.0607. The summed E-state index contributed by atoms with van der Waals surface area (Å²) in [6, 6.07) is 13.6. The number of nitrogens with zero attached hydrogens (tertiary/aromatic N) is 2. The quantitative estimate of drug-likeness (QED) is 0.385. The van der Waals surface area contributed by atoms with Gasteiger partial charge < -0.3 is 4.74 Å². The topological polar surface area (TPSA) is 63.6 Å². The number of nitrogens with one attached hydrogen (secondary N) is 1. The van der Waals surface area contributed by atoms with Crippen LogP contribution in [-0.2, 0) is 4.74 Å². The smallest absolute Gasteiger partial charge is 0.350 e. The Morgan fingerprint density at radius 1 is 1.27 bits per heavy atom. The first-order chi connectivity index (χ1) is 12.6. The number of hydrogen-bond donors (Lipinski definition) is 1. The minimum absolute atomic E-state index is 0.162. The maximum absolute atomic E-state index is 13.7. The molecule has 0 amide bonds. The van der Waals surface area contributed by atoms with Gasteiger partial charge in [0.25, 0.3) is 0 Å². The number of esters is 1. The SMILES string of the molecule is COC(=O)c1sc(N/N=C\c2c(F)cccc2Cl)nc1-c1ccccc1. The lowest BCUT2D eigenvalue weighted by Gasteiger charge is -2.00. The average molecular weight is 390 g/mol. The summed E-state index contributed by atoms with van der Waals surface area (Å²) in [6.45, 7) is 0. The number of benzene rings is 2. The van der Waals surface area contributed by atoms with Crippen LogP contribution in [0.2, 0.25) is 5.02 Å². The molecule has 26 heavy (non-hydrogen) atoms. The number of rotatable bonds is 5. The number of carbonyl (C=O) groups is 1. The molecule has 0 aliphatic heterocycles. The van der Waals surface area contributed by atoms with Gasteiger partial charge in [-0.2, -0.15) is 5.10 Å². The molecular formula is C18H13ClFN3O2S. The summed E-state index contributed by atoms with van der Waals surface area (Å²) in [7, 11) is 1.31. The van der Waals surface area contributed by atoms with Crippen LogP contribution in [0.3, 0.4) is 0 Å². The average Bonchev–Trinajstić information content (AvgIpc) is 3.08. The lowest BCUT2D eigenvalue weighted by Crippen LogP contribution is -2.00. The molecule has 0 unspecified atom stereocenters. The number of hydrogen-bond acceptors (Lipinski definition) is 6. The molecule has 0 aliphatic carbocycles. The molecule has 5 nitrogen and oxygen atoms in total. The van der Waals surface area contributed by atoms with Crippen LogP contribution in [0.4, 0.5) is 9.52 Å². The number of aromatic nitrogens is 1. The van der Waals surface area contributed by atoms with E-state index in [0.29, 0.717) is 15.7 Å². The number of thiazole rings is 1. The van der Waals surface area contributed by atoms with Crippen molar-refractivity contribution in [2.45, 2.75) is 0 Å². The van der Waals surface area contributed by atoms with Crippen molar-refractivity contribution in [1.29, 1.82) is 0 Å². The Balaban J connectivity index is 1.88. The second kappa shape index (κ2) is 8.07. The van der Waals surface area contributed by atoms with Crippen molar-refractivity contribution in [3.8, 4) is 11.3 Å². The van der Waals surface area contributed by atoms with Crippen LogP contribution < -0.4 is 5.43 Å². The molecule has 0 radical (unpaired) electrons. The van der Waals surface area contributed by atoms with Gasteiger partial charge in [-0.05, 0) is 12.1 Å². The van der Waals surface area contributed by atoms with Gasteiger partial charge in [0.2, 0.25) is 5.13 Å². The molecule has 2 aromatic carbocycles. The fraction of sp³-hybridized carbons (Fsp3) is 0.0556. The molecule has 3 aromatic rings. The molecule has 132 valence electrons. The first-order valence-electron chi connectivity index (χ1n) is 7.48. The highest BCUT2D eigenvalue weighted by atomic mass is 35.5. The van der Waals surface area contributed by atoms with Crippen LogP contribution >= 0.6 is 22.9 Å². The van der Waals surface area contributed by atoms with Gasteiger partial charge in [-0.25, -0.2) is 14.2 Å². The molecule has 0 spiro atoms. The van der Waals surface area contributed by atoms with E-state index in [-0.39, 0.29) is 10.6 Å². The molecule has 0 bridgehead atoms. The Morgan fingerprint density at radius 3 is 2.73 bits per heavy atom. The summed E-state index contributed by atoms with van der Waals surface area (Å²) in [5.74, 6) is -0.974. The molecular weight excluding hydrogens is 377 g/mol. The molecule has 3 rings (SSSR count). The Morgan fingerprint density at radius 2 is 2.04 bits per heavy atom. The molecule has 0 saturated carbocycles. The third-order valence-electron chi connectivity index (χ3n) is 3.40. The van der Waals surface area contributed by atoms with Gasteiger partial charge in [-0.3, -0.25) is 5.43 Å². The number of halogens is 2. The lowest BCUT2D eigenvalue weighted by atomic mass is 10.1. The van der Waals surface area contributed by atoms with E-state index in [9.17, 15) is 9.18 Å². The van der Waals surface area contributed by atoms with Gasteiger partial charge >= 0.3 is 5.97 Å². The number of anilines is 1. The van der Waals surface area contributed by atoms with Crippen molar-refractivity contribution in [3.05, 3.63) is 69.8 Å². The Kier molecular flexibility index (Phi) is 5.60. The standard InChI is InChI=1S/C18H13ClFN3O2S/c1-25-17(24)16-15(11-6-3-2-4-7-11)22-18(26-16)23-21-10-12-13(19)8-5-9-14(12)20/h2-10H,1H3,(H,22,23)/b21-10-. The number of ether oxygens (including phenoxy) is 1. The molecule has 1 aromatic heterocycles. The highest BCUT2D eigenvalue weighted by Crippen LogP contribution is 2.31. The van der Waals surface area contributed by atoms with Gasteiger partial charge in [-0.15, -0.1) is 0 Å². The van der Waals surface area contributed by atoms with E-state index >= 15 is 0 Å². The van der Waals surface area contributed by atoms with Crippen molar-refractivity contribution in [2.24, 2.45) is 5.10 Å². The fourth-order valence-electron chi connectivity index (χ4n) is 2.18. The first-order valence-corrected chi connectivity index (χ1v) is 8.67. The minimum Gasteiger partial charge on any atom is -0.465 e. The van der Waals surface area contributed by atoms with Crippen LogP contribution in [0.25, 0.3) is 11.3 Å². The zero-order chi connectivity index (χ0) is 18.5. The second-order valence-corrected chi connectivity index (χ2v) is 6.47. The van der Waals surface area contributed by atoms with Crippen LogP contribution in [-0.4, -0.2) is 24.3 Å². The number of carbonyl (C=O) groups excluding carboxylic acids is 1. The highest BCUT2D eigenvalue weighted by molar-refractivity contribution is 7.17. The molecule has 0 saturated heterocycles.